The number of carbonyl (C=O) groups excluding carboxylic acids is 4. The van der Waals surface area contributed by atoms with Gasteiger partial charge in [0.25, 0.3) is 5.91 Å². The lowest BCUT2D eigenvalue weighted by molar-refractivity contribution is -0.141. The van der Waals surface area contributed by atoms with Gasteiger partial charge in [0.15, 0.2) is 18.5 Å². The third-order valence-electron chi connectivity index (χ3n) is 6.61. The monoisotopic (exact) mass is 578 g/mol. The van der Waals surface area contributed by atoms with Crippen LogP contribution in [0, 0.1) is 12.8 Å². The molecule has 0 aliphatic carbocycles. The SMILES string of the molecule is COc1ccc(C)cc1C(O)C(=O)N[C@H](C(=O)NC(CC(=O)O)C(=O)COC(=O)c1cccc2ccccc12)C(C)C. The van der Waals surface area contributed by atoms with Crippen molar-refractivity contribution in [1.29, 1.82) is 0 Å². The maximum atomic E-state index is 13.2. The van der Waals surface area contributed by atoms with Crippen molar-refractivity contribution in [3.05, 3.63) is 77.4 Å². The molecule has 0 fully saturated rings. The number of carbonyl (C=O) groups is 5. The first-order valence-corrected chi connectivity index (χ1v) is 13.3. The molecule has 11 heteroatoms. The molecule has 3 aromatic carbocycles. The number of amides is 2. The molecule has 2 unspecified atom stereocenters. The number of ketones is 1. The van der Waals surface area contributed by atoms with E-state index in [4.69, 9.17) is 9.47 Å². The van der Waals surface area contributed by atoms with Crippen LogP contribution in [0.2, 0.25) is 0 Å². The summed E-state index contributed by atoms with van der Waals surface area (Å²) in [6.45, 7) is 4.25. The Morgan fingerprint density at radius 3 is 2.26 bits per heavy atom. The lowest BCUT2D eigenvalue weighted by Crippen LogP contribution is -2.55. The van der Waals surface area contributed by atoms with Gasteiger partial charge in [-0.25, -0.2) is 4.79 Å². The highest BCUT2D eigenvalue weighted by Crippen LogP contribution is 2.27. The molecule has 3 atom stereocenters. The second kappa shape index (κ2) is 14.2. The lowest BCUT2D eigenvalue weighted by Gasteiger charge is -2.26. The number of carboxylic acids is 1. The number of rotatable bonds is 13. The third kappa shape index (κ3) is 7.91. The first-order valence-electron chi connectivity index (χ1n) is 13.3. The summed E-state index contributed by atoms with van der Waals surface area (Å²) < 4.78 is 10.4. The normalized spacial score (nSPS) is 13.1. The molecule has 42 heavy (non-hydrogen) atoms. The fourth-order valence-corrected chi connectivity index (χ4v) is 4.38. The first kappa shape index (κ1) is 31.8. The number of hydrogen-bond donors (Lipinski definition) is 4. The first-order chi connectivity index (χ1) is 19.9. The minimum Gasteiger partial charge on any atom is -0.496 e. The number of esters is 1. The fourth-order valence-electron chi connectivity index (χ4n) is 4.38. The number of hydrogen-bond acceptors (Lipinski definition) is 8. The summed E-state index contributed by atoms with van der Waals surface area (Å²) in [7, 11) is 1.39. The number of aryl methyl sites for hydroxylation is 1. The van der Waals surface area contributed by atoms with E-state index < -0.39 is 66.7 Å². The molecule has 0 spiro atoms. The van der Waals surface area contributed by atoms with Gasteiger partial charge in [0.2, 0.25) is 5.91 Å². The number of Topliss-reactive ketones (excluding diaryl/α,β-unsaturated/α-hetero) is 1. The summed E-state index contributed by atoms with van der Waals surface area (Å²) in [5.41, 5.74) is 1.20. The van der Waals surface area contributed by atoms with Crippen LogP contribution in [0.25, 0.3) is 10.8 Å². The Morgan fingerprint density at radius 2 is 1.60 bits per heavy atom. The summed E-state index contributed by atoms with van der Waals surface area (Å²) in [5, 5.41) is 26.3. The zero-order valence-electron chi connectivity index (χ0n) is 23.7. The van der Waals surface area contributed by atoms with Gasteiger partial charge in [-0.3, -0.25) is 19.2 Å². The molecule has 4 N–H and O–H groups in total. The van der Waals surface area contributed by atoms with Crippen molar-refractivity contribution in [3.63, 3.8) is 0 Å². The minimum atomic E-state index is -1.67. The third-order valence-corrected chi connectivity index (χ3v) is 6.61. The quantitative estimate of drug-likeness (QED) is 0.223. The number of carboxylic acid groups (broad SMARTS) is 1. The van der Waals surface area contributed by atoms with Crippen molar-refractivity contribution in [3.8, 4) is 5.75 Å². The Kier molecular flexibility index (Phi) is 10.8. The molecule has 0 saturated carbocycles. The molecule has 0 heterocycles. The molecular weight excluding hydrogens is 544 g/mol. The van der Waals surface area contributed by atoms with E-state index in [1.54, 1.807) is 63.2 Å². The molecule has 0 aliphatic heterocycles. The van der Waals surface area contributed by atoms with Crippen LogP contribution < -0.4 is 15.4 Å². The average Bonchev–Trinajstić information content (AvgIpc) is 2.96. The smallest absolute Gasteiger partial charge is 0.339 e. The van der Waals surface area contributed by atoms with Crippen LogP contribution in [-0.2, 0) is 23.9 Å². The van der Waals surface area contributed by atoms with E-state index in [0.29, 0.717) is 5.39 Å². The highest BCUT2D eigenvalue weighted by Gasteiger charge is 2.32. The van der Waals surface area contributed by atoms with E-state index in [0.717, 1.165) is 10.9 Å². The summed E-state index contributed by atoms with van der Waals surface area (Å²) in [6.07, 6.45) is -2.45. The maximum Gasteiger partial charge on any atom is 0.339 e. The lowest BCUT2D eigenvalue weighted by atomic mass is 10.00. The molecule has 2 amide bonds. The van der Waals surface area contributed by atoms with E-state index in [-0.39, 0.29) is 16.9 Å². The van der Waals surface area contributed by atoms with Gasteiger partial charge in [-0.1, -0.05) is 61.9 Å². The maximum absolute atomic E-state index is 13.2. The van der Waals surface area contributed by atoms with Gasteiger partial charge >= 0.3 is 11.9 Å². The van der Waals surface area contributed by atoms with Crippen molar-refractivity contribution in [2.24, 2.45) is 5.92 Å². The van der Waals surface area contributed by atoms with E-state index in [9.17, 15) is 34.2 Å². The number of aliphatic hydroxyl groups excluding tert-OH is 1. The number of nitrogens with one attached hydrogen (secondary N) is 2. The number of ether oxygens (including phenoxy) is 2. The number of methoxy groups -OCH3 is 1. The molecule has 0 radical (unpaired) electrons. The molecule has 11 nitrogen and oxygen atoms in total. The molecule has 0 aromatic heterocycles. The molecule has 3 rings (SSSR count). The Balaban J connectivity index is 1.71. The predicted octanol–water partition coefficient (Wildman–Crippen LogP) is 2.72. The number of aliphatic carboxylic acids is 1. The van der Waals surface area contributed by atoms with Gasteiger partial charge in [-0.2, -0.15) is 0 Å². The van der Waals surface area contributed by atoms with Crippen LogP contribution >= 0.6 is 0 Å². The van der Waals surface area contributed by atoms with Crippen molar-refractivity contribution >= 4 is 40.3 Å². The standard InChI is InChI=1S/C31H34N2O9/c1-17(2)27(33-30(39)28(37)22-14-18(3)12-13-25(22)41-4)29(38)32-23(15-26(35)36)24(34)16-42-31(40)21-11-7-9-19-8-5-6-10-20(19)21/h5-14,17,23,27-28,37H,15-16H2,1-4H3,(H,32,38)(H,33,39)(H,35,36)/t23?,27-,28?/m0/s1. The van der Waals surface area contributed by atoms with Crippen LogP contribution in [0.15, 0.2) is 60.7 Å². The van der Waals surface area contributed by atoms with Crippen molar-refractivity contribution < 1.29 is 43.7 Å². The zero-order chi connectivity index (χ0) is 31.0. The zero-order valence-corrected chi connectivity index (χ0v) is 23.7. The van der Waals surface area contributed by atoms with E-state index in [2.05, 4.69) is 10.6 Å². The van der Waals surface area contributed by atoms with Crippen LogP contribution in [-0.4, -0.2) is 65.5 Å². The number of aliphatic hydroxyl groups is 1. The van der Waals surface area contributed by atoms with Crippen molar-refractivity contribution in [2.75, 3.05) is 13.7 Å². The molecular formula is C31H34N2O9. The van der Waals surface area contributed by atoms with Crippen LogP contribution in [0.5, 0.6) is 5.75 Å². The summed E-state index contributed by atoms with van der Waals surface area (Å²) in [4.78, 5) is 63.3. The minimum absolute atomic E-state index is 0.199. The van der Waals surface area contributed by atoms with E-state index >= 15 is 0 Å². The van der Waals surface area contributed by atoms with Crippen LogP contribution in [0.1, 0.15) is 47.9 Å². The highest BCUT2D eigenvalue weighted by molar-refractivity contribution is 6.05. The molecule has 222 valence electrons. The average molecular weight is 579 g/mol. The summed E-state index contributed by atoms with van der Waals surface area (Å²) in [6, 6.07) is 14.3. The second-order valence-electron chi connectivity index (χ2n) is 10.1. The topological polar surface area (TPSA) is 168 Å². The van der Waals surface area contributed by atoms with Gasteiger partial charge in [0.1, 0.15) is 17.8 Å². The van der Waals surface area contributed by atoms with E-state index in [1.807, 2.05) is 18.2 Å². The van der Waals surface area contributed by atoms with Gasteiger partial charge < -0.3 is 30.3 Å². The predicted molar refractivity (Wildman–Crippen MR) is 153 cm³/mol. The summed E-state index contributed by atoms with van der Waals surface area (Å²) >= 11 is 0. The molecule has 0 saturated heterocycles. The van der Waals surface area contributed by atoms with Gasteiger partial charge in [-0.05, 0) is 41.8 Å². The molecule has 0 bridgehead atoms. The van der Waals surface area contributed by atoms with Crippen molar-refractivity contribution in [2.45, 2.75) is 45.4 Å². The second-order valence-corrected chi connectivity index (χ2v) is 10.1. The summed E-state index contributed by atoms with van der Waals surface area (Å²) in [5.74, 6) is -4.98. The number of fused-ring (bicyclic) bond motifs is 1. The van der Waals surface area contributed by atoms with Crippen LogP contribution in [0.3, 0.4) is 0 Å². The Labute approximate surface area is 242 Å². The molecule has 0 aliphatic rings. The Hall–Kier alpha value is -4.77. The van der Waals surface area contributed by atoms with Crippen LogP contribution in [0.4, 0.5) is 0 Å². The Bertz CT molecular complexity index is 1480. The number of benzene rings is 3. The van der Waals surface area contributed by atoms with Gasteiger partial charge in [0, 0.05) is 5.56 Å². The van der Waals surface area contributed by atoms with Gasteiger partial charge in [-0.15, -0.1) is 0 Å². The highest BCUT2D eigenvalue weighted by atomic mass is 16.5. The Morgan fingerprint density at radius 1 is 0.905 bits per heavy atom. The fraction of sp³-hybridized carbons (Fsp3) is 0.323. The van der Waals surface area contributed by atoms with Gasteiger partial charge in [0.05, 0.1) is 19.1 Å². The molecule has 3 aromatic rings. The van der Waals surface area contributed by atoms with E-state index in [1.165, 1.54) is 7.11 Å². The largest absolute Gasteiger partial charge is 0.496 e. The van der Waals surface area contributed by atoms with Crippen molar-refractivity contribution in [1.82, 2.24) is 10.6 Å².